The molecular formula is C7H6Cl2O5. The Labute approximate surface area is 89.1 Å². The SMILES string of the molecule is O=C1OC2(Cl)C3OCCOC3C2(Cl)O1. The van der Waals surface area contributed by atoms with Crippen LogP contribution in [0.1, 0.15) is 0 Å². The van der Waals surface area contributed by atoms with Gasteiger partial charge in [0.25, 0.3) is 10.1 Å². The Balaban J connectivity index is 1.97. The number of ether oxygens (including phenoxy) is 4. The van der Waals surface area contributed by atoms with Crippen LogP contribution in [0.25, 0.3) is 0 Å². The van der Waals surface area contributed by atoms with Crippen LogP contribution in [-0.4, -0.2) is 41.7 Å². The lowest BCUT2D eigenvalue weighted by Crippen LogP contribution is -2.78. The first kappa shape index (κ1) is 9.03. The molecule has 2 heterocycles. The average Bonchev–Trinajstić information content (AvgIpc) is 2.35. The van der Waals surface area contributed by atoms with Crippen LogP contribution in [0.4, 0.5) is 4.79 Å². The Morgan fingerprint density at radius 2 is 1.50 bits per heavy atom. The fourth-order valence-corrected chi connectivity index (χ4v) is 2.71. The number of hydrogen-bond acceptors (Lipinski definition) is 5. The predicted octanol–water partition coefficient (Wildman–Crippen LogP) is 0.821. The highest BCUT2D eigenvalue weighted by molar-refractivity contribution is 6.37. The molecule has 2 aliphatic heterocycles. The maximum Gasteiger partial charge on any atom is 0.512 e. The van der Waals surface area contributed by atoms with Gasteiger partial charge in [-0.05, 0) is 0 Å². The van der Waals surface area contributed by atoms with Gasteiger partial charge in [0.1, 0.15) is 12.2 Å². The van der Waals surface area contributed by atoms with Crippen LogP contribution in [0.5, 0.6) is 0 Å². The van der Waals surface area contributed by atoms with Gasteiger partial charge in [0, 0.05) is 0 Å². The van der Waals surface area contributed by atoms with E-state index in [9.17, 15) is 4.79 Å². The molecule has 0 aromatic heterocycles. The van der Waals surface area contributed by atoms with E-state index in [-0.39, 0.29) is 0 Å². The third-order valence-electron chi connectivity index (χ3n) is 2.61. The van der Waals surface area contributed by atoms with E-state index in [1.807, 2.05) is 0 Å². The predicted molar refractivity (Wildman–Crippen MR) is 44.2 cm³/mol. The Morgan fingerprint density at radius 1 is 1.07 bits per heavy atom. The molecule has 0 N–H and O–H groups in total. The summed E-state index contributed by atoms with van der Waals surface area (Å²) >= 11 is 12.0. The molecule has 0 radical (unpaired) electrons. The Kier molecular flexibility index (Phi) is 1.59. The normalized spacial score (nSPS) is 55.1. The average molecular weight is 241 g/mol. The number of rotatable bonds is 0. The van der Waals surface area contributed by atoms with Crippen molar-refractivity contribution in [1.29, 1.82) is 0 Å². The third-order valence-corrected chi connectivity index (χ3v) is 3.86. The van der Waals surface area contributed by atoms with Gasteiger partial charge in [0.15, 0.2) is 0 Å². The molecule has 5 nitrogen and oxygen atoms in total. The second-order valence-electron chi connectivity index (χ2n) is 3.33. The number of carbonyl (C=O) groups is 1. The van der Waals surface area contributed by atoms with E-state index in [0.29, 0.717) is 13.2 Å². The zero-order chi connectivity index (χ0) is 9.97. The lowest BCUT2D eigenvalue weighted by Gasteiger charge is -2.54. The largest absolute Gasteiger partial charge is 0.512 e. The van der Waals surface area contributed by atoms with E-state index in [0.717, 1.165) is 0 Å². The van der Waals surface area contributed by atoms with Crippen LogP contribution < -0.4 is 0 Å². The maximum atomic E-state index is 10.9. The van der Waals surface area contributed by atoms with Crippen LogP contribution in [0.15, 0.2) is 0 Å². The minimum Gasteiger partial charge on any atom is -0.403 e. The van der Waals surface area contributed by atoms with Crippen LogP contribution in [0.2, 0.25) is 0 Å². The minimum absolute atomic E-state index is 0.403. The molecule has 1 aliphatic carbocycles. The first-order valence-electron chi connectivity index (χ1n) is 4.11. The summed E-state index contributed by atoms with van der Waals surface area (Å²) in [6.45, 7) is 0.806. The molecule has 0 aromatic carbocycles. The zero-order valence-electron chi connectivity index (χ0n) is 6.87. The summed E-state index contributed by atoms with van der Waals surface area (Å²) in [6, 6.07) is 0. The minimum atomic E-state index is -1.45. The van der Waals surface area contributed by atoms with E-state index in [4.69, 9.17) is 42.1 Å². The van der Waals surface area contributed by atoms with Gasteiger partial charge in [0.05, 0.1) is 13.2 Å². The van der Waals surface area contributed by atoms with Crippen LogP contribution in [0.3, 0.4) is 0 Å². The fourth-order valence-electron chi connectivity index (χ4n) is 1.94. The van der Waals surface area contributed by atoms with Crippen molar-refractivity contribution in [2.75, 3.05) is 13.2 Å². The molecule has 1 saturated carbocycles. The van der Waals surface area contributed by atoms with Crippen molar-refractivity contribution in [3.63, 3.8) is 0 Å². The molecule has 0 bridgehead atoms. The Hall–Kier alpha value is -0.230. The second kappa shape index (κ2) is 2.47. The molecule has 2 saturated heterocycles. The van der Waals surface area contributed by atoms with E-state index in [1.165, 1.54) is 0 Å². The lowest BCUT2D eigenvalue weighted by atomic mass is 9.82. The standard InChI is InChI=1S/C7H6Cl2O5/c8-6-3-4(12-2-1-11-3)7(6,9)14-5(10)13-6/h3-4H,1-2H2. The van der Waals surface area contributed by atoms with Crippen molar-refractivity contribution in [1.82, 2.24) is 0 Å². The molecule has 4 atom stereocenters. The maximum absolute atomic E-state index is 10.9. The van der Waals surface area contributed by atoms with Gasteiger partial charge in [-0.15, -0.1) is 0 Å². The summed E-state index contributed by atoms with van der Waals surface area (Å²) < 4.78 is 20.2. The van der Waals surface area contributed by atoms with E-state index < -0.39 is 28.5 Å². The monoisotopic (exact) mass is 240 g/mol. The molecule has 0 spiro atoms. The van der Waals surface area contributed by atoms with Gasteiger partial charge in [-0.1, -0.05) is 23.2 Å². The molecule has 14 heavy (non-hydrogen) atoms. The first-order chi connectivity index (χ1) is 6.58. The highest BCUT2D eigenvalue weighted by Crippen LogP contribution is 2.60. The molecule has 7 heteroatoms. The summed E-state index contributed by atoms with van der Waals surface area (Å²) in [7, 11) is 0. The molecular weight excluding hydrogens is 235 g/mol. The summed E-state index contributed by atoms with van der Waals surface area (Å²) in [5.41, 5.74) is 0. The third kappa shape index (κ3) is 0.782. The van der Waals surface area contributed by atoms with Gasteiger partial charge >= 0.3 is 6.16 Å². The fraction of sp³-hybridized carbons (Fsp3) is 0.857. The number of halogens is 2. The molecule has 3 rings (SSSR count). The second-order valence-corrected chi connectivity index (χ2v) is 4.45. The number of fused-ring (bicyclic) bond motifs is 4. The van der Waals surface area contributed by atoms with E-state index in [2.05, 4.69) is 0 Å². The van der Waals surface area contributed by atoms with Crippen molar-refractivity contribution >= 4 is 29.4 Å². The van der Waals surface area contributed by atoms with Crippen molar-refractivity contribution in [3.05, 3.63) is 0 Å². The lowest BCUT2D eigenvalue weighted by molar-refractivity contribution is -0.287. The molecule has 0 amide bonds. The molecule has 3 fully saturated rings. The number of hydrogen-bond donors (Lipinski definition) is 0. The highest BCUT2D eigenvalue weighted by Gasteiger charge is 2.83. The molecule has 0 aromatic rings. The topological polar surface area (TPSA) is 54.0 Å². The number of carbonyl (C=O) groups excluding carboxylic acids is 1. The Bertz CT molecular complexity index is 282. The summed E-state index contributed by atoms with van der Waals surface area (Å²) in [4.78, 5) is 10.9. The summed E-state index contributed by atoms with van der Waals surface area (Å²) in [6.07, 6.45) is -2.00. The summed E-state index contributed by atoms with van der Waals surface area (Å²) in [5.74, 6) is 0. The van der Waals surface area contributed by atoms with Crippen molar-refractivity contribution < 1.29 is 23.7 Å². The van der Waals surface area contributed by atoms with Gasteiger partial charge in [-0.3, -0.25) is 0 Å². The van der Waals surface area contributed by atoms with Crippen molar-refractivity contribution in [2.45, 2.75) is 22.3 Å². The first-order valence-corrected chi connectivity index (χ1v) is 4.86. The van der Waals surface area contributed by atoms with Crippen molar-refractivity contribution in [3.8, 4) is 0 Å². The van der Waals surface area contributed by atoms with Gasteiger partial charge in [-0.2, -0.15) is 0 Å². The smallest absolute Gasteiger partial charge is 0.403 e. The van der Waals surface area contributed by atoms with Gasteiger partial charge in [0.2, 0.25) is 0 Å². The zero-order valence-corrected chi connectivity index (χ0v) is 8.38. The van der Waals surface area contributed by atoms with Crippen molar-refractivity contribution in [2.24, 2.45) is 0 Å². The van der Waals surface area contributed by atoms with E-state index >= 15 is 0 Å². The van der Waals surface area contributed by atoms with Crippen LogP contribution >= 0.6 is 23.2 Å². The number of alkyl halides is 2. The van der Waals surface area contributed by atoms with Gasteiger partial charge < -0.3 is 18.9 Å². The molecule has 3 aliphatic rings. The van der Waals surface area contributed by atoms with Crippen LogP contribution in [0, 0.1) is 0 Å². The quantitative estimate of drug-likeness (QED) is 0.464. The van der Waals surface area contributed by atoms with E-state index in [1.54, 1.807) is 0 Å². The summed E-state index contributed by atoms with van der Waals surface area (Å²) in [5, 5.41) is -2.90. The van der Waals surface area contributed by atoms with Gasteiger partial charge in [-0.25, -0.2) is 4.79 Å². The Morgan fingerprint density at radius 3 is 1.93 bits per heavy atom. The van der Waals surface area contributed by atoms with Crippen LogP contribution in [-0.2, 0) is 18.9 Å². The highest BCUT2D eigenvalue weighted by atomic mass is 35.5. The molecule has 4 unspecified atom stereocenters. The molecule has 78 valence electrons.